The van der Waals surface area contributed by atoms with E-state index in [2.05, 4.69) is 4.98 Å². The number of aliphatic hydroxyl groups excluding tert-OH is 2. The van der Waals surface area contributed by atoms with Crippen molar-refractivity contribution in [2.24, 2.45) is 0 Å². The highest BCUT2D eigenvalue weighted by atomic mass is 16.6. The zero-order chi connectivity index (χ0) is 21.7. The third-order valence-electron chi connectivity index (χ3n) is 4.58. The minimum atomic E-state index is -0.935. The highest BCUT2D eigenvalue weighted by Crippen LogP contribution is 2.39. The fourth-order valence-corrected chi connectivity index (χ4v) is 3.25. The summed E-state index contributed by atoms with van der Waals surface area (Å²) < 4.78 is 5.21. The summed E-state index contributed by atoms with van der Waals surface area (Å²) >= 11 is 0. The number of ketones is 1. The predicted octanol–water partition coefficient (Wildman–Crippen LogP) is 1.42. The highest BCUT2D eigenvalue weighted by Gasteiger charge is 2.46. The van der Waals surface area contributed by atoms with Gasteiger partial charge in [-0.1, -0.05) is 18.2 Å². The van der Waals surface area contributed by atoms with E-state index < -0.39 is 28.4 Å². The average Bonchev–Trinajstić information content (AvgIpc) is 3.01. The van der Waals surface area contributed by atoms with Gasteiger partial charge in [0.15, 0.2) is 0 Å². The number of rotatable bonds is 8. The summed E-state index contributed by atoms with van der Waals surface area (Å²) in [6.45, 7) is 0.00382. The van der Waals surface area contributed by atoms with Gasteiger partial charge in [-0.15, -0.1) is 0 Å². The number of hydrogen-bond acceptors (Lipinski definition) is 8. The lowest BCUT2D eigenvalue weighted by atomic mass is 9.96. The van der Waals surface area contributed by atoms with Crippen LogP contribution in [0.5, 0.6) is 0 Å². The van der Waals surface area contributed by atoms with Crippen molar-refractivity contribution >= 4 is 23.1 Å². The molecule has 0 bridgehead atoms. The fraction of sp³-hybridized carbons (Fsp3) is 0.250. The Morgan fingerprint density at radius 2 is 2.03 bits per heavy atom. The van der Waals surface area contributed by atoms with Crippen LogP contribution in [0.1, 0.15) is 17.2 Å². The highest BCUT2D eigenvalue weighted by molar-refractivity contribution is 6.46. The monoisotopic (exact) mass is 413 g/mol. The Morgan fingerprint density at radius 3 is 2.70 bits per heavy atom. The van der Waals surface area contributed by atoms with Gasteiger partial charge in [-0.25, -0.2) is 0 Å². The van der Waals surface area contributed by atoms with E-state index in [1.54, 1.807) is 12.1 Å². The Hall–Kier alpha value is -3.63. The second-order valence-electron chi connectivity index (χ2n) is 6.42. The van der Waals surface area contributed by atoms with Crippen LogP contribution < -0.4 is 0 Å². The number of hydrogen-bond donors (Lipinski definition) is 2. The van der Waals surface area contributed by atoms with Gasteiger partial charge < -0.3 is 19.8 Å². The van der Waals surface area contributed by atoms with Crippen LogP contribution in [0.2, 0.25) is 0 Å². The number of aliphatic hydroxyl groups is 2. The first-order valence-corrected chi connectivity index (χ1v) is 9.07. The summed E-state index contributed by atoms with van der Waals surface area (Å²) in [7, 11) is 0. The van der Waals surface area contributed by atoms with E-state index in [1.807, 2.05) is 0 Å². The molecule has 1 aromatic heterocycles. The number of likely N-dealkylation sites (tertiary alicyclic amines) is 1. The molecular weight excluding hydrogens is 394 g/mol. The Bertz CT molecular complexity index is 991. The Labute approximate surface area is 171 Å². The smallest absolute Gasteiger partial charge is 0.295 e. The van der Waals surface area contributed by atoms with Crippen LogP contribution >= 0.6 is 0 Å². The first-order valence-electron chi connectivity index (χ1n) is 9.07. The molecule has 1 aromatic carbocycles. The summed E-state index contributed by atoms with van der Waals surface area (Å²) in [5.41, 5.74) is 0.0951. The van der Waals surface area contributed by atoms with Gasteiger partial charge in [0.25, 0.3) is 17.4 Å². The fourth-order valence-electron chi connectivity index (χ4n) is 3.25. The third-order valence-corrected chi connectivity index (χ3v) is 4.58. The number of benzene rings is 1. The molecule has 30 heavy (non-hydrogen) atoms. The minimum absolute atomic E-state index is 0.0376. The van der Waals surface area contributed by atoms with E-state index in [-0.39, 0.29) is 43.2 Å². The lowest BCUT2D eigenvalue weighted by Crippen LogP contribution is -2.33. The van der Waals surface area contributed by atoms with E-state index in [9.17, 15) is 24.8 Å². The molecule has 2 aromatic rings. The predicted molar refractivity (Wildman–Crippen MR) is 104 cm³/mol. The lowest BCUT2D eigenvalue weighted by molar-refractivity contribution is -0.384. The maximum absolute atomic E-state index is 12.8. The van der Waals surface area contributed by atoms with Crippen molar-refractivity contribution in [2.45, 2.75) is 6.04 Å². The van der Waals surface area contributed by atoms with Gasteiger partial charge in [0, 0.05) is 36.6 Å². The van der Waals surface area contributed by atoms with Crippen molar-refractivity contribution in [3.8, 4) is 0 Å². The van der Waals surface area contributed by atoms with Crippen LogP contribution in [0.3, 0.4) is 0 Å². The number of carbonyl (C=O) groups is 2. The minimum Gasteiger partial charge on any atom is -0.507 e. The third kappa shape index (κ3) is 4.19. The first-order chi connectivity index (χ1) is 14.5. The molecule has 3 rings (SSSR count). The molecule has 156 valence electrons. The molecule has 1 aliphatic rings. The molecule has 0 saturated carbocycles. The van der Waals surface area contributed by atoms with Crippen LogP contribution in [-0.2, 0) is 14.3 Å². The number of non-ortho nitro benzene ring substituents is 1. The van der Waals surface area contributed by atoms with Crippen LogP contribution in [0.25, 0.3) is 5.76 Å². The summed E-state index contributed by atoms with van der Waals surface area (Å²) in [5.74, 6) is -2.25. The Balaban J connectivity index is 2.07. The van der Waals surface area contributed by atoms with Gasteiger partial charge in [-0.2, -0.15) is 0 Å². The summed E-state index contributed by atoms with van der Waals surface area (Å²) in [6.07, 6.45) is 3.00. The lowest BCUT2D eigenvalue weighted by Gasteiger charge is -2.24. The molecule has 0 aliphatic carbocycles. The van der Waals surface area contributed by atoms with Crippen molar-refractivity contribution in [1.29, 1.82) is 0 Å². The van der Waals surface area contributed by atoms with E-state index in [4.69, 9.17) is 9.84 Å². The van der Waals surface area contributed by atoms with Crippen molar-refractivity contribution in [2.75, 3.05) is 26.4 Å². The molecule has 1 aliphatic heterocycles. The van der Waals surface area contributed by atoms with Gasteiger partial charge in [-0.05, 0) is 11.6 Å². The van der Waals surface area contributed by atoms with Crippen molar-refractivity contribution in [3.63, 3.8) is 0 Å². The topological polar surface area (TPSA) is 143 Å². The number of ether oxygens (including phenoxy) is 1. The number of nitro benzene ring substituents is 1. The van der Waals surface area contributed by atoms with E-state index >= 15 is 0 Å². The largest absolute Gasteiger partial charge is 0.507 e. The van der Waals surface area contributed by atoms with Crippen molar-refractivity contribution < 1.29 is 29.5 Å². The maximum atomic E-state index is 12.8. The molecule has 0 radical (unpaired) electrons. The number of amides is 1. The molecule has 1 fully saturated rings. The van der Waals surface area contributed by atoms with Crippen molar-refractivity contribution in [1.82, 2.24) is 9.88 Å². The maximum Gasteiger partial charge on any atom is 0.295 e. The normalized spacial score (nSPS) is 18.0. The molecule has 1 atom stereocenters. The second-order valence-corrected chi connectivity index (χ2v) is 6.42. The number of carbonyl (C=O) groups excluding carboxylic acids is 2. The number of aromatic nitrogens is 1. The standard InChI is InChI=1S/C20H19N3O7/c24-8-10-30-9-7-22-17(14-4-2-6-21-12-14)16(19(26)20(22)27)18(25)13-3-1-5-15(11-13)23(28)29/h1-6,11-12,17,24-25H,7-10H2. The Morgan fingerprint density at radius 1 is 1.23 bits per heavy atom. The summed E-state index contributed by atoms with van der Waals surface area (Å²) in [4.78, 5) is 41.2. The number of nitrogens with zero attached hydrogens (tertiary/aromatic N) is 3. The zero-order valence-corrected chi connectivity index (χ0v) is 15.8. The number of pyridine rings is 1. The molecular formula is C20H19N3O7. The van der Waals surface area contributed by atoms with E-state index in [1.165, 1.54) is 35.5 Å². The molecule has 2 N–H and O–H groups in total. The summed E-state index contributed by atoms with van der Waals surface area (Å²) in [6, 6.07) is 7.54. The quantitative estimate of drug-likeness (QED) is 0.165. The van der Waals surface area contributed by atoms with Crippen LogP contribution in [0.4, 0.5) is 5.69 Å². The van der Waals surface area contributed by atoms with Crippen LogP contribution in [0, 0.1) is 10.1 Å². The average molecular weight is 413 g/mol. The molecule has 1 unspecified atom stereocenters. The molecule has 10 nitrogen and oxygen atoms in total. The number of Topliss-reactive ketones (excluding diaryl/α,β-unsaturated/α-hetero) is 1. The number of nitro groups is 1. The summed E-state index contributed by atoms with van der Waals surface area (Å²) in [5, 5.41) is 30.7. The Kier molecular flexibility index (Phi) is 6.50. The van der Waals surface area contributed by atoms with Crippen molar-refractivity contribution in [3.05, 3.63) is 75.6 Å². The van der Waals surface area contributed by atoms with Gasteiger partial charge in [0.05, 0.1) is 36.4 Å². The van der Waals surface area contributed by atoms with Gasteiger partial charge in [-0.3, -0.25) is 24.7 Å². The van der Waals surface area contributed by atoms with E-state index in [0.717, 1.165) is 6.07 Å². The van der Waals surface area contributed by atoms with Gasteiger partial charge in [0.1, 0.15) is 5.76 Å². The second kappa shape index (κ2) is 9.25. The van der Waals surface area contributed by atoms with Crippen LogP contribution in [-0.4, -0.2) is 63.1 Å². The van der Waals surface area contributed by atoms with Gasteiger partial charge >= 0.3 is 0 Å². The zero-order valence-electron chi connectivity index (χ0n) is 15.8. The first kappa shape index (κ1) is 21.1. The molecule has 1 saturated heterocycles. The molecule has 2 heterocycles. The SMILES string of the molecule is O=C1C(=O)N(CCOCCO)C(c2cccnc2)C1=C(O)c1cccc([N+](=O)[O-])c1. The molecule has 0 spiro atoms. The molecule has 1 amide bonds. The van der Waals surface area contributed by atoms with E-state index in [0.29, 0.717) is 5.56 Å². The van der Waals surface area contributed by atoms with Crippen LogP contribution in [0.15, 0.2) is 54.4 Å². The molecule has 10 heteroatoms. The van der Waals surface area contributed by atoms with Gasteiger partial charge in [0.2, 0.25) is 0 Å².